The highest BCUT2D eigenvalue weighted by Crippen LogP contribution is 2.26. The van der Waals surface area contributed by atoms with Crippen LogP contribution >= 0.6 is 11.8 Å². The molecule has 0 aliphatic heterocycles. The van der Waals surface area contributed by atoms with Gasteiger partial charge in [0.2, 0.25) is 5.91 Å². The minimum Gasteiger partial charge on any atom is -0.497 e. The molecule has 10 heteroatoms. The second-order valence-corrected chi connectivity index (χ2v) is 7.81. The van der Waals surface area contributed by atoms with E-state index in [9.17, 15) is 19.7 Å². The first kappa shape index (κ1) is 22.0. The zero-order valence-corrected chi connectivity index (χ0v) is 18.2. The second-order valence-electron chi connectivity index (χ2n) is 6.86. The third kappa shape index (κ3) is 4.70. The summed E-state index contributed by atoms with van der Waals surface area (Å²) in [6.45, 7) is 0. The highest BCUT2D eigenvalue weighted by Gasteiger charge is 2.18. The van der Waals surface area contributed by atoms with Gasteiger partial charge in [0.05, 0.1) is 34.4 Å². The quantitative estimate of drug-likeness (QED) is 0.191. The molecule has 0 spiro atoms. The number of fused-ring (bicyclic) bond motifs is 1. The number of benzene rings is 3. The van der Waals surface area contributed by atoms with Gasteiger partial charge in [-0.05, 0) is 30.3 Å². The number of nitrogens with zero attached hydrogens (tertiary/aromatic N) is 3. The summed E-state index contributed by atoms with van der Waals surface area (Å²) in [7, 11) is 1.53. The molecule has 0 aliphatic rings. The molecule has 0 radical (unpaired) electrons. The van der Waals surface area contributed by atoms with Crippen LogP contribution in [0.5, 0.6) is 5.75 Å². The SMILES string of the molecule is COc1cccc(-n2c(SCC(=O)Nc3ccccc3[N+](=O)[O-])nc3ccccc3c2=O)c1. The third-order valence-electron chi connectivity index (χ3n) is 4.76. The maximum atomic E-state index is 13.3. The van der Waals surface area contributed by atoms with Crippen molar-refractivity contribution in [3.8, 4) is 11.4 Å². The molecule has 1 amide bonds. The van der Waals surface area contributed by atoms with Crippen molar-refractivity contribution < 1.29 is 14.5 Å². The van der Waals surface area contributed by atoms with Crippen LogP contribution in [0.3, 0.4) is 0 Å². The van der Waals surface area contributed by atoms with E-state index in [0.717, 1.165) is 11.8 Å². The fourth-order valence-corrected chi connectivity index (χ4v) is 4.05. The number of rotatable bonds is 7. The minimum absolute atomic E-state index is 0.102. The first-order valence-corrected chi connectivity index (χ1v) is 10.8. The Morgan fingerprint density at radius 1 is 1.12 bits per heavy atom. The van der Waals surface area contributed by atoms with Crippen LogP contribution < -0.4 is 15.6 Å². The second kappa shape index (κ2) is 9.53. The Bertz CT molecular complexity index is 1420. The summed E-state index contributed by atoms with van der Waals surface area (Å²) in [4.78, 5) is 41.1. The Labute approximate surface area is 192 Å². The molecule has 1 heterocycles. The van der Waals surface area contributed by atoms with Crippen molar-refractivity contribution >= 4 is 39.9 Å². The normalized spacial score (nSPS) is 10.7. The number of amides is 1. The number of para-hydroxylation sites is 3. The number of nitro benzene ring substituents is 1. The van der Waals surface area contributed by atoms with Crippen LogP contribution in [0.4, 0.5) is 11.4 Å². The fraction of sp³-hybridized carbons (Fsp3) is 0.0870. The fourth-order valence-electron chi connectivity index (χ4n) is 3.24. The van der Waals surface area contributed by atoms with E-state index in [1.165, 1.54) is 29.9 Å². The smallest absolute Gasteiger partial charge is 0.292 e. The number of ether oxygens (including phenoxy) is 1. The minimum atomic E-state index is -0.561. The van der Waals surface area contributed by atoms with Crippen LogP contribution in [0.1, 0.15) is 0 Å². The Morgan fingerprint density at radius 2 is 1.88 bits per heavy atom. The maximum Gasteiger partial charge on any atom is 0.292 e. The molecule has 33 heavy (non-hydrogen) atoms. The molecule has 0 aliphatic carbocycles. The lowest BCUT2D eigenvalue weighted by Gasteiger charge is -2.14. The molecule has 0 bridgehead atoms. The van der Waals surface area contributed by atoms with E-state index < -0.39 is 10.8 Å². The summed E-state index contributed by atoms with van der Waals surface area (Å²) in [5.41, 5.74) is 0.663. The number of hydrogen-bond donors (Lipinski definition) is 1. The number of carbonyl (C=O) groups excluding carboxylic acids is 1. The van der Waals surface area contributed by atoms with Gasteiger partial charge in [-0.2, -0.15) is 0 Å². The van der Waals surface area contributed by atoms with Gasteiger partial charge in [-0.1, -0.05) is 42.1 Å². The third-order valence-corrected chi connectivity index (χ3v) is 5.70. The standard InChI is InChI=1S/C23H18N4O5S/c1-32-16-8-6-7-15(13-16)26-22(29)17-9-2-3-10-18(17)25-23(26)33-14-21(28)24-19-11-4-5-12-20(19)27(30)31/h2-13H,14H2,1H3,(H,24,28). The van der Waals surface area contributed by atoms with Gasteiger partial charge in [-0.15, -0.1) is 0 Å². The van der Waals surface area contributed by atoms with Crippen LogP contribution in [0.15, 0.2) is 82.7 Å². The predicted octanol–water partition coefficient (Wildman–Crippen LogP) is 4.03. The number of hydrogen-bond acceptors (Lipinski definition) is 7. The molecule has 0 atom stereocenters. The summed E-state index contributed by atoms with van der Waals surface area (Å²) in [5, 5.41) is 14.5. The van der Waals surface area contributed by atoms with Gasteiger partial charge in [0.25, 0.3) is 11.2 Å². The number of anilines is 1. The summed E-state index contributed by atoms with van der Waals surface area (Å²) in [5.74, 6) is -0.00704. The number of methoxy groups -OCH3 is 1. The number of nitro groups is 1. The van der Waals surface area contributed by atoms with Gasteiger partial charge in [0.15, 0.2) is 5.16 Å². The van der Waals surface area contributed by atoms with E-state index in [0.29, 0.717) is 27.5 Å². The van der Waals surface area contributed by atoms with E-state index >= 15 is 0 Å². The average Bonchev–Trinajstić information content (AvgIpc) is 2.83. The van der Waals surface area contributed by atoms with Crippen molar-refractivity contribution in [3.05, 3.63) is 93.3 Å². The van der Waals surface area contributed by atoms with Crippen molar-refractivity contribution in [2.45, 2.75) is 5.16 Å². The molecule has 1 N–H and O–H groups in total. The van der Waals surface area contributed by atoms with Crippen molar-refractivity contribution in [3.63, 3.8) is 0 Å². The van der Waals surface area contributed by atoms with Crippen LogP contribution in [0.2, 0.25) is 0 Å². The molecule has 166 valence electrons. The van der Waals surface area contributed by atoms with E-state index in [-0.39, 0.29) is 22.7 Å². The zero-order chi connectivity index (χ0) is 23.4. The Balaban J connectivity index is 1.68. The van der Waals surface area contributed by atoms with Crippen molar-refractivity contribution in [1.82, 2.24) is 9.55 Å². The molecular weight excluding hydrogens is 444 g/mol. The average molecular weight is 462 g/mol. The van der Waals surface area contributed by atoms with Crippen LogP contribution in [-0.4, -0.2) is 33.2 Å². The molecule has 0 saturated carbocycles. The predicted molar refractivity (Wildman–Crippen MR) is 126 cm³/mol. The highest BCUT2D eigenvalue weighted by molar-refractivity contribution is 7.99. The van der Waals surface area contributed by atoms with Gasteiger partial charge in [-0.3, -0.25) is 24.3 Å². The van der Waals surface area contributed by atoms with E-state index in [2.05, 4.69) is 10.3 Å². The topological polar surface area (TPSA) is 116 Å². The van der Waals surface area contributed by atoms with E-state index in [1.807, 2.05) is 0 Å². The summed E-state index contributed by atoms with van der Waals surface area (Å²) < 4.78 is 6.70. The first-order chi connectivity index (χ1) is 16.0. The van der Waals surface area contributed by atoms with Gasteiger partial charge in [-0.25, -0.2) is 4.98 Å². The van der Waals surface area contributed by atoms with E-state index in [1.54, 1.807) is 54.6 Å². The Morgan fingerprint density at radius 3 is 2.67 bits per heavy atom. The lowest BCUT2D eigenvalue weighted by atomic mass is 10.2. The number of aromatic nitrogens is 2. The van der Waals surface area contributed by atoms with Crippen molar-refractivity contribution in [1.29, 1.82) is 0 Å². The molecule has 3 aromatic carbocycles. The molecule has 1 aromatic heterocycles. The number of carbonyl (C=O) groups is 1. The largest absolute Gasteiger partial charge is 0.497 e. The Hall–Kier alpha value is -4.18. The molecule has 0 saturated heterocycles. The van der Waals surface area contributed by atoms with Crippen molar-refractivity contribution in [2.75, 3.05) is 18.2 Å². The molecule has 4 rings (SSSR count). The van der Waals surface area contributed by atoms with Crippen molar-refractivity contribution in [2.24, 2.45) is 0 Å². The highest BCUT2D eigenvalue weighted by atomic mass is 32.2. The van der Waals surface area contributed by atoms with Gasteiger partial charge in [0, 0.05) is 12.1 Å². The maximum absolute atomic E-state index is 13.3. The monoisotopic (exact) mass is 462 g/mol. The zero-order valence-electron chi connectivity index (χ0n) is 17.4. The Kier molecular flexibility index (Phi) is 6.36. The lowest BCUT2D eigenvalue weighted by Crippen LogP contribution is -2.23. The molecule has 0 unspecified atom stereocenters. The number of thioether (sulfide) groups is 1. The molecule has 4 aromatic rings. The van der Waals surface area contributed by atoms with Gasteiger partial charge < -0.3 is 10.1 Å². The summed E-state index contributed by atoms with van der Waals surface area (Å²) >= 11 is 1.06. The number of nitrogens with one attached hydrogen (secondary N) is 1. The lowest BCUT2D eigenvalue weighted by molar-refractivity contribution is -0.383. The van der Waals surface area contributed by atoms with Crippen LogP contribution in [0.25, 0.3) is 16.6 Å². The van der Waals surface area contributed by atoms with E-state index in [4.69, 9.17) is 4.74 Å². The summed E-state index contributed by atoms with van der Waals surface area (Å²) in [6.07, 6.45) is 0. The first-order valence-electron chi connectivity index (χ1n) is 9.80. The molecule has 0 fully saturated rings. The van der Waals surface area contributed by atoms with Crippen LogP contribution in [-0.2, 0) is 4.79 Å². The summed E-state index contributed by atoms with van der Waals surface area (Å²) in [6, 6.07) is 19.8. The van der Waals surface area contributed by atoms with Gasteiger partial charge in [0.1, 0.15) is 11.4 Å². The van der Waals surface area contributed by atoms with Crippen LogP contribution in [0, 0.1) is 10.1 Å². The molecule has 9 nitrogen and oxygen atoms in total. The molecular formula is C23H18N4O5S. The van der Waals surface area contributed by atoms with Gasteiger partial charge >= 0.3 is 0 Å².